The van der Waals surface area contributed by atoms with Crippen molar-refractivity contribution in [1.29, 1.82) is 0 Å². The maximum Gasteiger partial charge on any atom is 0.265 e. The van der Waals surface area contributed by atoms with E-state index in [2.05, 4.69) is 0 Å². The number of ether oxygens (including phenoxy) is 2. The Labute approximate surface area is 211 Å². The average Bonchev–Trinajstić information content (AvgIpc) is 3.31. The van der Waals surface area contributed by atoms with Gasteiger partial charge in [-0.3, -0.25) is 0 Å². The summed E-state index contributed by atoms with van der Waals surface area (Å²) in [6.45, 7) is -0.142. The average molecular weight is 558 g/mol. The van der Waals surface area contributed by atoms with Crippen LogP contribution in [0.15, 0.2) is 46.3 Å². The van der Waals surface area contributed by atoms with Crippen molar-refractivity contribution in [1.82, 2.24) is 0 Å². The summed E-state index contributed by atoms with van der Waals surface area (Å²) in [5.41, 5.74) is 1.39. The second-order valence-electron chi connectivity index (χ2n) is 7.52. The number of aromatic nitrogens is 1. The summed E-state index contributed by atoms with van der Waals surface area (Å²) in [5, 5.41) is 1.29. The van der Waals surface area contributed by atoms with Crippen molar-refractivity contribution >= 4 is 65.3 Å². The van der Waals surface area contributed by atoms with Crippen LogP contribution in [0.25, 0.3) is 16.3 Å². The summed E-state index contributed by atoms with van der Waals surface area (Å²) in [5.74, 6) is -0.0466. The molecule has 0 atom stereocenters. The van der Waals surface area contributed by atoms with Crippen molar-refractivity contribution in [3.05, 3.63) is 46.4 Å². The van der Waals surface area contributed by atoms with E-state index in [0.29, 0.717) is 32.7 Å². The summed E-state index contributed by atoms with van der Waals surface area (Å²) in [6.07, 6.45) is 1.79. The minimum Gasteiger partial charge on any atom is -0.748 e. The zero-order valence-corrected chi connectivity index (χ0v) is 21.9. The summed E-state index contributed by atoms with van der Waals surface area (Å²) in [7, 11) is -5.89. The Morgan fingerprint density at radius 3 is 2.29 bits per heavy atom. The molecule has 0 aliphatic carbocycles. The number of nitrogens with zero attached hydrogens (tertiary/aromatic N) is 2. The first-order valence-electron chi connectivity index (χ1n) is 10.2. The Morgan fingerprint density at radius 1 is 0.971 bits per heavy atom. The molecule has 0 spiro atoms. The van der Waals surface area contributed by atoms with Crippen molar-refractivity contribution < 1.29 is 40.0 Å². The first-order valence-corrected chi connectivity index (χ1v) is 15.0. The van der Waals surface area contributed by atoms with E-state index in [1.807, 2.05) is 12.1 Å². The second kappa shape index (κ2) is 9.95. The summed E-state index contributed by atoms with van der Waals surface area (Å²) in [6, 6.07) is 10.8. The molecule has 0 fully saturated rings. The highest BCUT2D eigenvalue weighted by atomic mass is 32.2. The monoisotopic (exact) mass is 557 g/mol. The molecule has 2 aromatic carbocycles. The van der Waals surface area contributed by atoms with E-state index in [1.165, 1.54) is 37.3 Å². The number of benzene rings is 2. The molecule has 0 bridgehead atoms. The molecule has 188 valence electrons. The van der Waals surface area contributed by atoms with Gasteiger partial charge in [-0.25, -0.2) is 16.8 Å². The Kier molecular flexibility index (Phi) is 7.31. The summed E-state index contributed by atoms with van der Waals surface area (Å²) >= 11 is 2.76. The van der Waals surface area contributed by atoms with Crippen molar-refractivity contribution in [3.63, 3.8) is 0 Å². The van der Waals surface area contributed by atoms with E-state index in [4.69, 9.17) is 9.47 Å². The van der Waals surface area contributed by atoms with Crippen LogP contribution in [0.1, 0.15) is 5.01 Å². The number of rotatable bonds is 9. The van der Waals surface area contributed by atoms with E-state index in [9.17, 15) is 25.9 Å². The molecule has 0 radical (unpaired) electrons. The lowest BCUT2D eigenvalue weighted by atomic mass is 10.2. The highest BCUT2D eigenvalue weighted by molar-refractivity contribution is 8.04. The Bertz CT molecular complexity index is 1510. The van der Waals surface area contributed by atoms with Gasteiger partial charge in [-0.05, 0) is 24.3 Å². The Balaban J connectivity index is 1.82. The summed E-state index contributed by atoms with van der Waals surface area (Å²) < 4.78 is 81.3. The highest BCUT2D eigenvalue weighted by Crippen LogP contribution is 2.48. The van der Waals surface area contributed by atoms with Gasteiger partial charge in [0.15, 0.2) is 6.54 Å². The summed E-state index contributed by atoms with van der Waals surface area (Å²) in [4.78, 5) is 2.56. The number of hydrogen-bond acceptors (Lipinski definition) is 11. The normalized spacial score (nSPS) is 15.1. The largest absolute Gasteiger partial charge is 0.748 e. The van der Waals surface area contributed by atoms with Crippen LogP contribution in [0, 0.1) is 0 Å². The molecule has 1 aliphatic rings. The van der Waals surface area contributed by atoms with Crippen LogP contribution in [-0.4, -0.2) is 58.2 Å². The molecule has 0 saturated carbocycles. The van der Waals surface area contributed by atoms with Crippen molar-refractivity contribution in [3.8, 4) is 11.5 Å². The topological polar surface area (TPSA) is 140 Å². The van der Waals surface area contributed by atoms with Crippen LogP contribution in [0.2, 0.25) is 0 Å². The van der Waals surface area contributed by atoms with Gasteiger partial charge < -0.3 is 23.5 Å². The van der Waals surface area contributed by atoms with Gasteiger partial charge in [0.05, 0.1) is 58.7 Å². The lowest BCUT2D eigenvalue weighted by Gasteiger charge is -2.21. The number of fused-ring (bicyclic) bond motifs is 2. The fraction of sp³-hybridized carbons (Fsp3) is 0.286. The second-order valence-corrected chi connectivity index (χ2v) is 12.7. The van der Waals surface area contributed by atoms with Crippen LogP contribution in [-0.2, 0) is 26.8 Å². The lowest BCUT2D eigenvalue weighted by molar-refractivity contribution is -0.664. The van der Waals surface area contributed by atoms with Crippen molar-refractivity contribution in [2.45, 2.75) is 11.4 Å². The molecular weight excluding hydrogens is 537 g/mol. The standard InChI is InChI=1S/C21H22N2O8S4/c1-30-14-3-5-18-16(11-14)22(7-9-34(24,25)26)20(32-18)13-21-23(8-10-35(27,28)29)17-12-15(31-2)4-6-19(17)33-21/h3-6,11-13H,7-10H2,1-2H3,(H-,24,25,26,27,28,29)/p-1. The molecular formula is C21H21N2O8S4-. The number of thiazole rings is 1. The fourth-order valence-corrected chi connectivity index (χ4v) is 6.70. The molecule has 3 aromatic rings. The maximum absolute atomic E-state index is 11.4. The van der Waals surface area contributed by atoms with Gasteiger partial charge in [-0.2, -0.15) is 4.57 Å². The van der Waals surface area contributed by atoms with Crippen LogP contribution in [0.3, 0.4) is 0 Å². The van der Waals surface area contributed by atoms with E-state index in [1.54, 1.807) is 39.8 Å². The maximum atomic E-state index is 11.4. The van der Waals surface area contributed by atoms with Crippen LogP contribution in [0.5, 0.6) is 11.5 Å². The quantitative estimate of drug-likeness (QED) is 0.284. The molecule has 1 aromatic heterocycles. The third-order valence-electron chi connectivity index (χ3n) is 5.25. The molecule has 0 saturated heterocycles. The number of thioether (sulfide) groups is 1. The van der Waals surface area contributed by atoms with Gasteiger partial charge in [-0.1, -0.05) is 23.1 Å². The predicted octanol–water partition coefficient (Wildman–Crippen LogP) is 2.21. The number of hydrogen-bond donors (Lipinski definition) is 0. The van der Waals surface area contributed by atoms with E-state index < -0.39 is 31.7 Å². The first kappa shape index (κ1) is 25.7. The van der Waals surface area contributed by atoms with E-state index >= 15 is 0 Å². The van der Waals surface area contributed by atoms with Crippen LogP contribution >= 0.6 is 23.1 Å². The molecule has 0 unspecified atom stereocenters. The molecule has 14 heteroatoms. The molecule has 0 amide bonds. The molecule has 0 N–H and O–H groups in total. The Morgan fingerprint density at radius 2 is 1.63 bits per heavy atom. The number of methoxy groups -OCH3 is 2. The van der Waals surface area contributed by atoms with Crippen LogP contribution in [0.4, 0.5) is 5.69 Å². The zero-order valence-electron chi connectivity index (χ0n) is 18.7. The van der Waals surface area contributed by atoms with Gasteiger partial charge in [-0.15, -0.1) is 0 Å². The van der Waals surface area contributed by atoms with Gasteiger partial charge >= 0.3 is 0 Å². The molecule has 2 heterocycles. The fourth-order valence-electron chi connectivity index (χ4n) is 3.60. The SMILES string of the molecule is COc1ccc2c(c1)N(CCS(=O)(=O)[O-])/C(=C\c1sc3ccc(OC)cc3[n+]1CCS(=O)(=O)[O-])S2. The predicted molar refractivity (Wildman–Crippen MR) is 132 cm³/mol. The minimum absolute atomic E-state index is 0.0709. The third-order valence-corrected chi connectivity index (χ3v) is 8.84. The van der Waals surface area contributed by atoms with Crippen LogP contribution < -0.4 is 18.9 Å². The smallest absolute Gasteiger partial charge is 0.265 e. The zero-order chi connectivity index (χ0) is 25.4. The van der Waals surface area contributed by atoms with Gasteiger partial charge in [0, 0.05) is 17.5 Å². The molecule has 4 rings (SSSR count). The number of anilines is 1. The lowest BCUT2D eigenvalue weighted by Crippen LogP contribution is -2.38. The minimum atomic E-state index is -4.46. The highest BCUT2D eigenvalue weighted by Gasteiger charge is 2.29. The van der Waals surface area contributed by atoms with Crippen molar-refractivity contribution in [2.24, 2.45) is 0 Å². The molecule has 10 nitrogen and oxygen atoms in total. The van der Waals surface area contributed by atoms with E-state index in [0.717, 1.165) is 9.60 Å². The van der Waals surface area contributed by atoms with Crippen molar-refractivity contribution in [2.75, 3.05) is 37.2 Å². The first-order chi connectivity index (χ1) is 16.5. The van der Waals surface area contributed by atoms with Gasteiger partial charge in [0.1, 0.15) is 26.3 Å². The van der Waals surface area contributed by atoms with Gasteiger partial charge in [0.25, 0.3) is 5.01 Å². The number of aryl methyl sites for hydroxylation is 1. The third kappa shape index (κ3) is 6.08. The molecule has 35 heavy (non-hydrogen) atoms. The van der Waals surface area contributed by atoms with E-state index in [-0.39, 0.29) is 13.1 Å². The Hall–Kier alpha value is -2.36. The van der Waals surface area contributed by atoms with Gasteiger partial charge in [0.2, 0.25) is 5.52 Å². The molecule has 1 aliphatic heterocycles.